The highest BCUT2D eigenvalue weighted by atomic mass is 16.5. The summed E-state index contributed by atoms with van der Waals surface area (Å²) in [7, 11) is 3.52. The molecule has 2 rings (SSSR count). The minimum atomic E-state index is 0.102. The Morgan fingerprint density at radius 2 is 2.04 bits per heavy atom. The van der Waals surface area contributed by atoms with E-state index in [1.807, 2.05) is 13.1 Å². The fourth-order valence-corrected chi connectivity index (χ4v) is 3.23. The van der Waals surface area contributed by atoms with E-state index in [4.69, 9.17) is 9.47 Å². The van der Waals surface area contributed by atoms with Gasteiger partial charge in [-0.3, -0.25) is 9.89 Å². The van der Waals surface area contributed by atoms with E-state index in [2.05, 4.69) is 53.4 Å². The second kappa shape index (κ2) is 10.4. The average molecular weight is 363 g/mol. The average Bonchev–Trinajstić information content (AvgIpc) is 2.65. The number of hydrogen-bond donors (Lipinski definition) is 2. The van der Waals surface area contributed by atoms with Crippen molar-refractivity contribution in [3.63, 3.8) is 0 Å². The minimum Gasteiger partial charge on any atom is -0.496 e. The molecule has 1 aliphatic rings. The molecule has 6 heteroatoms. The molecule has 1 aromatic carbocycles. The predicted molar refractivity (Wildman–Crippen MR) is 107 cm³/mol. The number of aryl methyl sites for hydroxylation is 1. The van der Waals surface area contributed by atoms with Crippen LogP contribution in [0.15, 0.2) is 23.2 Å². The van der Waals surface area contributed by atoms with Crippen LogP contribution in [0.4, 0.5) is 0 Å². The smallest absolute Gasteiger partial charge is 0.191 e. The summed E-state index contributed by atoms with van der Waals surface area (Å²) in [6.07, 6.45) is 0. The van der Waals surface area contributed by atoms with Gasteiger partial charge >= 0.3 is 0 Å². The maximum atomic E-state index is 5.50. The molecule has 146 valence electrons. The maximum Gasteiger partial charge on any atom is 0.191 e. The molecule has 0 amide bonds. The van der Waals surface area contributed by atoms with Gasteiger partial charge in [0.2, 0.25) is 0 Å². The van der Waals surface area contributed by atoms with Gasteiger partial charge in [-0.05, 0) is 25.8 Å². The number of guanidine groups is 1. The zero-order valence-electron chi connectivity index (χ0n) is 16.8. The van der Waals surface area contributed by atoms with Gasteiger partial charge in [0, 0.05) is 38.8 Å². The number of methoxy groups -OCH3 is 1. The summed E-state index contributed by atoms with van der Waals surface area (Å²) < 4.78 is 10.9. The standard InChI is InChI=1S/C20H34N4O2/c1-15-6-7-19(25-5)18(12-15)17(3)23-20(21-4)22-13-16(2)14-24-8-10-26-11-9-24/h6-7,12,16-17H,8-11,13-14H2,1-5H3,(H2,21,22,23). The Labute approximate surface area is 158 Å². The Balaban J connectivity index is 1.85. The van der Waals surface area contributed by atoms with Gasteiger partial charge in [0.25, 0.3) is 0 Å². The molecule has 0 aromatic heterocycles. The minimum absolute atomic E-state index is 0.102. The fraction of sp³-hybridized carbons (Fsp3) is 0.650. The van der Waals surface area contributed by atoms with Crippen LogP contribution in [-0.4, -0.2) is 64.4 Å². The quantitative estimate of drug-likeness (QED) is 0.575. The zero-order valence-corrected chi connectivity index (χ0v) is 16.8. The second-order valence-corrected chi connectivity index (χ2v) is 7.08. The van der Waals surface area contributed by atoms with Crippen LogP contribution in [0.2, 0.25) is 0 Å². The third-order valence-corrected chi connectivity index (χ3v) is 4.72. The molecule has 0 bridgehead atoms. The maximum absolute atomic E-state index is 5.50. The van der Waals surface area contributed by atoms with E-state index in [9.17, 15) is 0 Å². The van der Waals surface area contributed by atoms with Crippen molar-refractivity contribution in [2.45, 2.75) is 26.8 Å². The van der Waals surface area contributed by atoms with Crippen LogP contribution in [-0.2, 0) is 4.74 Å². The van der Waals surface area contributed by atoms with E-state index >= 15 is 0 Å². The zero-order chi connectivity index (χ0) is 18.9. The van der Waals surface area contributed by atoms with Crippen molar-refractivity contribution >= 4 is 5.96 Å². The third-order valence-electron chi connectivity index (χ3n) is 4.72. The van der Waals surface area contributed by atoms with Crippen LogP contribution in [0.25, 0.3) is 0 Å². The van der Waals surface area contributed by atoms with Crippen molar-refractivity contribution < 1.29 is 9.47 Å². The van der Waals surface area contributed by atoms with Crippen molar-refractivity contribution in [2.75, 3.05) is 53.6 Å². The Morgan fingerprint density at radius 1 is 1.31 bits per heavy atom. The van der Waals surface area contributed by atoms with E-state index in [-0.39, 0.29) is 6.04 Å². The first-order valence-corrected chi connectivity index (χ1v) is 9.45. The summed E-state index contributed by atoms with van der Waals surface area (Å²) in [5.41, 5.74) is 2.35. The number of rotatable bonds is 7. The largest absolute Gasteiger partial charge is 0.496 e. The molecule has 0 aliphatic carbocycles. The highest BCUT2D eigenvalue weighted by Gasteiger charge is 2.16. The van der Waals surface area contributed by atoms with Gasteiger partial charge in [-0.15, -0.1) is 0 Å². The second-order valence-electron chi connectivity index (χ2n) is 7.08. The fourth-order valence-electron chi connectivity index (χ4n) is 3.23. The lowest BCUT2D eigenvalue weighted by Crippen LogP contribution is -2.44. The number of morpholine rings is 1. The molecule has 1 aromatic rings. The van der Waals surface area contributed by atoms with Gasteiger partial charge in [0.15, 0.2) is 5.96 Å². The molecule has 6 nitrogen and oxygen atoms in total. The number of nitrogens with one attached hydrogen (secondary N) is 2. The first-order valence-electron chi connectivity index (χ1n) is 9.45. The van der Waals surface area contributed by atoms with Gasteiger partial charge in [-0.2, -0.15) is 0 Å². The van der Waals surface area contributed by atoms with Crippen molar-refractivity contribution in [1.29, 1.82) is 0 Å². The Morgan fingerprint density at radius 3 is 2.69 bits per heavy atom. The van der Waals surface area contributed by atoms with E-state index in [1.165, 1.54) is 5.56 Å². The molecule has 2 N–H and O–H groups in total. The Bertz CT molecular complexity index is 585. The molecular weight excluding hydrogens is 328 g/mol. The van der Waals surface area contributed by atoms with Gasteiger partial charge in [0.05, 0.1) is 26.4 Å². The van der Waals surface area contributed by atoms with Crippen LogP contribution in [0.1, 0.15) is 31.0 Å². The monoisotopic (exact) mass is 362 g/mol. The highest BCUT2D eigenvalue weighted by molar-refractivity contribution is 5.80. The van der Waals surface area contributed by atoms with Gasteiger partial charge in [-0.1, -0.05) is 24.6 Å². The number of hydrogen-bond acceptors (Lipinski definition) is 4. The molecule has 1 heterocycles. The number of aliphatic imine (C=N–C) groups is 1. The Hall–Kier alpha value is -1.79. The van der Waals surface area contributed by atoms with Crippen molar-refractivity contribution in [3.8, 4) is 5.75 Å². The predicted octanol–water partition coefficient (Wildman–Crippen LogP) is 2.20. The van der Waals surface area contributed by atoms with Crippen LogP contribution in [0.5, 0.6) is 5.75 Å². The van der Waals surface area contributed by atoms with Crippen LogP contribution in [0.3, 0.4) is 0 Å². The van der Waals surface area contributed by atoms with Crippen LogP contribution in [0, 0.1) is 12.8 Å². The molecular formula is C20H34N4O2. The third kappa shape index (κ3) is 6.18. The molecule has 26 heavy (non-hydrogen) atoms. The molecule has 0 spiro atoms. The molecule has 1 saturated heterocycles. The van der Waals surface area contributed by atoms with Crippen molar-refractivity contribution in [3.05, 3.63) is 29.3 Å². The summed E-state index contributed by atoms with van der Waals surface area (Å²) in [6, 6.07) is 6.34. The topological polar surface area (TPSA) is 58.1 Å². The van der Waals surface area contributed by atoms with E-state index in [1.54, 1.807) is 7.11 Å². The van der Waals surface area contributed by atoms with E-state index < -0.39 is 0 Å². The highest BCUT2D eigenvalue weighted by Crippen LogP contribution is 2.25. The van der Waals surface area contributed by atoms with E-state index in [0.717, 1.165) is 56.7 Å². The Kier molecular flexibility index (Phi) is 8.19. The van der Waals surface area contributed by atoms with Crippen molar-refractivity contribution in [2.24, 2.45) is 10.9 Å². The SMILES string of the molecule is CN=C(NCC(C)CN1CCOCC1)NC(C)c1cc(C)ccc1OC. The molecule has 1 fully saturated rings. The molecule has 0 saturated carbocycles. The van der Waals surface area contributed by atoms with Gasteiger partial charge < -0.3 is 20.1 Å². The van der Waals surface area contributed by atoms with Crippen LogP contribution < -0.4 is 15.4 Å². The number of nitrogens with zero attached hydrogens (tertiary/aromatic N) is 2. The summed E-state index contributed by atoms with van der Waals surface area (Å²) in [5, 5.41) is 6.92. The number of benzene rings is 1. The lowest BCUT2D eigenvalue weighted by atomic mass is 10.0. The van der Waals surface area contributed by atoms with Gasteiger partial charge in [0.1, 0.15) is 5.75 Å². The molecule has 1 aliphatic heterocycles. The summed E-state index contributed by atoms with van der Waals surface area (Å²) in [6.45, 7) is 12.2. The van der Waals surface area contributed by atoms with Crippen molar-refractivity contribution in [1.82, 2.24) is 15.5 Å². The summed E-state index contributed by atoms with van der Waals surface area (Å²) in [4.78, 5) is 6.83. The number of ether oxygens (including phenoxy) is 2. The normalized spacial score (nSPS) is 18.3. The lowest BCUT2D eigenvalue weighted by molar-refractivity contribution is 0.0320. The molecule has 2 atom stereocenters. The van der Waals surface area contributed by atoms with E-state index in [0.29, 0.717) is 5.92 Å². The lowest BCUT2D eigenvalue weighted by Gasteiger charge is -2.29. The van der Waals surface area contributed by atoms with Crippen LogP contribution >= 0.6 is 0 Å². The molecule has 2 unspecified atom stereocenters. The van der Waals surface area contributed by atoms with Gasteiger partial charge in [-0.25, -0.2) is 0 Å². The first-order chi connectivity index (χ1) is 12.5. The molecule has 0 radical (unpaired) electrons. The summed E-state index contributed by atoms with van der Waals surface area (Å²) in [5.74, 6) is 2.25. The summed E-state index contributed by atoms with van der Waals surface area (Å²) >= 11 is 0. The first kappa shape index (κ1) is 20.5.